The van der Waals surface area contributed by atoms with Crippen molar-refractivity contribution in [3.63, 3.8) is 0 Å². The second kappa shape index (κ2) is 7.75. The lowest BCUT2D eigenvalue weighted by Crippen LogP contribution is -2.09. The summed E-state index contributed by atoms with van der Waals surface area (Å²) in [4.78, 5) is 0. The first-order chi connectivity index (χ1) is 16.2. The van der Waals surface area contributed by atoms with Crippen molar-refractivity contribution in [2.24, 2.45) is 0 Å². The minimum atomic E-state index is 0.885. The second-order valence-electron chi connectivity index (χ2n) is 8.69. The number of hydrogen-bond acceptors (Lipinski definition) is 1. The minimum absolute atomic E-state index is 0.885. The molecule has 0 aromatic heterocycles. The maximum Gasteiger partial charge on any atom is 0.199 e. The molecule has 1 aliphatic heterocycles. The van der Waals surface area contributed by atoms with E-state index in [0.717, 1.165) is 17.1 Å². The maximum atomic E-state index is 6.37. The van der Waals surface area contributed by atoms with Crippen LogP contribution in [-0.2, 0) is 0 Å². The van der Waals surface area contributed by atoms with E-state index in [4.69, 9.17) is 4.74 Å². The summed E-state index contributed by atoms with van der Waals surface area (Å²) in [7, 11) is 4.12. The molecule has 4 aromatic carbocycles. The molecule has 6 rings (SSSR count). The highest BCUT2D eigenvalue weighted by atomic mass is 16.5. The zero-order valence-corrected chi connectivity index (χ0v) is 18.7. The standard InChI is InChI=1S/C31H24NO/c1-32(2)26-16-12-21(13-17-26)11-14-24-19-25-20-29(22-7-4-3-5-8-22)33-28-18-15-23-9-6-10-27(24)30(23)31(25)28/h3-20H,1-2H3/q+1/b24-14+. The van der Waals surface area contributed by atoms with E-state index in [1.165, 1.54) is 43.6 Å². The van der Waals surface area contributed by atoms with Crippen LogP contribution < -0.4 is 9.96 Å². The molecule has 2 nitrogen and oxygen atoms in total. The van der Waals surface area contributed by atoms with Gasteiger partial charge in [-0.1, -0.05) is 66.7 Å². The molecule has 4 aromatic rings. The van der Waals surface area contributed by atoms with Crippen LogP contribution in [0, 0.1) is 0 Å². The van der Waals surface area contributed by atoms with Crippen LogP contribution in [0.2, 0.25) is 0 Å². The highest BCUT2D eigenvalue weighted by Gasteiger charge is 2.19. The van der Waals surface area contributed by atoms with Gasteiger partial charge in [0.2, 0.25) is 0 Å². The minimum Gasteiger partial charge on any atom is -0.456 e. The second-order valence-corrected chi connectivity index (χ2v) is 8.69. The molecule has 2 heteroatoms. The molecule has 0 saturated carbocycles. The van der Waals surface area contributed by atoms with E-state index in [-0.39, 0.29) is 0 Å². The van der Waals surface area contributed by atoms with E-state index in [9.17, 15) is 0 Å². The van der Waals surface area contributed by atoms with Crippen LogP contribution in [-0.4, -0.2) is 24.4 Å². The number of benzene rings is 4. The third-order valence-corrected chi connectivity index (χ3v) is 6.35. The highest BCUT2D eigenvalue weighted by molar-refractivity contribution is 6.17. The first kappa shape index (κ1) is 19.5. The van der Waals surface area contributed by atoms with Gasteiger partial charge in [0.1, 0.15) is 25.6 Å². The number of hydrogen-bond donors (Lipinski definition) is 0. The number of nitrogens with zero attached hydrogens (tertiary/aromatic N) is 1. The van der Waals surface area contributed by atoms with Gasteiger partial charge < -0.3 is 4.74 Å². The Labute approximate surface area is 193 Å². The predicted molar refractivity (Wildman–Crippen MR) is 140 cm³/mol. The molecule has 33 heavy (non-hydrogen) atoms. The molecule has 0 unspecified atom stereocenters. The molecule has 0 spiro atoms. The molecule has 0 fully saturated rings. The summed E-state index contributed by atoms with van der Waals surface area (Å²) in [5.41, 5.74) is 4.67. The Bertz CT molecular complexity index is 1610. The topological polar surface area (TPSA) is 12.2 Å². The molecule has 1 aliphatic carbocycles. The van der Waals surface area contributed by atoms with E-state index < -0.39 is 0 Å². The zero-order chi connectivity index (χ0) is 22.4. The summed E-state index contributed by atoms with van der Waals surface area (Å²) in [6.07, 6.45) is 15.2. The molecule has 158 valence electrons. The van der Waals surface area contributed by atoms with Crippen molar-refractivity contribution in [2.45, 2.75) is 0 Å². The molecule has 2 aliphatic rings. The van der Waals surface area contributed by atoms with Gasteiger partial charge in [0, 0.05) is 28.5 Å². The number of rotatable bonds is 2. The average molecular weight is 427 g/mol. The summed E-state index contributed by atoms with van der Waals surface area (Å²) in [5.74, 6) is 1.81. The van der Waals surface area contributed by atoms with Crippen LogP contribution in [0.5, 0.6) is 5.75 Å². The highest BCUT2D eigenvalue weighted by Crippen LogP contribution is 2.40. The molecule has 0 bridgehead atoms. The Morgan fingerprint density at radius 3 is 2.36 bits per heavy atom. The van der Waals surface area contributed by atoms with Crippen LogP contribution in [0.4, 0.5) is 0 Å². The Balaban J connectivity index is 1.56. The van der Waals surface area contributed by atoms with Crippen LogP contribution in [0.25, 0.3) is 39.5 Å². The van der Waals surface area contributed by atoms with Crippen molar-refractivity contribution in [2.75, 3.05) is 14.1 Å². The molecule has 1 heterocycles. The van der Waals surface area contributed by atoms with Crippen LogP contribution in [0.15, 0.2) is 103 Å². The van der Waals surface area contributed by atoms with Gasteiger partial charge in [0.25, 0.3) is 0 Å². The van der Waals surface area contributed by atoms with E-state index in [1.54, 1.807) is 0 Å². The zero-order valence-electron chi connectivity index (χ0n) is 18.7. The van der Waals surface area contributed by atoms with Crippen LogP contribution in [0.1, 0.15) is 11.1 Å². The van der Waals surface area contributed by atoms with Gasteiger partial charge in [0.15, 0.2) is 5.71 Å². The Kier molecular flexibility index (Phi) is 4.58. The van der Waals surface area contributed by atoms with Crippen LogP contribution in [0.3, 0.4) is 0 Å². The maximum absolute atomic E-state index is 6.37. The fourth-order valence-electron chi connectivity index (χ4n) is 4.64. The normalized spacial score (nSPS) is 15.2. The predicted octanol–water partition coefficient (Wildman–Crippen LogP) is 6.15. The molecular weight excluding hydrogens is 402 g/mol. The first-order valence-electron chi connectivity index (χ1n) is 11.2. The third-order valence-electron chi connectivity index (χ3n) is 6.35. The van der Waals surface area contributed by atoms with Gasteiger partial charge in [0.05, 0.1) is 0 Å². The molecule has 0 atom stereocenters. The summed E-state index contributed by atoms with van der Waals surface area (Å²) >= 11 is 0. The SMILES string of the molecule is C[N+](C)=C1C=CC(=C/C=c2\cc3c4c(ccc5cccc2c54)OC(c2ccccc2)=C3)C=C1. The molecule has 0 saturated heterocycles. The van der Waals surface area contributed by atoms with Crippen LogP contribution >= 0.6 is 0 Å². The Hall–Kier alpha value is -4.17. The van der Waals surface area contributed by atoms with E-state index >= 15 is 0 Å². The average Bonchev–Trinajstić information content (AvgIpc) is 2.86. The van der Waals surface area contributed by atoms with Gasteiger partial charge in [-0.15, -0.1) is 0 Å². The van der Waals surface area contributed by atoms with Gasteiger partial charge in [-0.3, -0.25) is 0 Å². The van der Waals surface area contributed by atoms with Crippen molar-refractivity contribution in [3.05, 3.63) is 119 Å². The monoisotopic (exact) mass is 426 g/mol. The lowest BCUT2D eigenvalue weighted by molar-refractivity contribution is -0.462. The summed E-state index contributed by atoms with van der Waals surface area (Å²) in [5, 5.41) is 6.14. The fraction of sp³-hybridized carbons (Fsp3) is 0.0645. The fourth-order valence-corrected chi connectivity index (χ4v) is 4.64. The first-order valence-corrected chi connectivity index (χ1v) is 11.2. The smallest absolute Gasteiger partial charge is 0.199 e. The van der Waals surface area contributed by atoms with Crippen molar-refractivity contribution in [3.8, 4) is 5.75 Å². The molecule has 0 radical (unpaired) electrons. The molecular formula is C31H24NO+. The van der Waals surface area contributed by atoms with Crippen molar-refractivity contribution in [1.29, 1.82) is 0 Å². The summed E-state index contributed by atoms with van der Waals surface area (Å²) in [6, 6.07) is 23.4. The van der Waals surface area contributed by atoms with Crippen molar-refractivity contribution >= 4 is 45.2 Å². The lowest BCUT2D eigenvalue weighted by Gasteiger charge is -2.21. The van der Waals surface area contributed by atoms with Gasteiger partial charge in [-0.25, -0.2) is 4.58 Å². The van der Waals surface area contributed by atoms with Gasteiger partial charge in [-0.05, 0) is 57.5 Å². The number of allylic oxidation sites excluding steroid dienone is 6. The van der Waals surface area contributed by atoms with E-state index in [0.29, 0.717) is 0 Å². The largest absolute Gasteiger partial charge is 0.456 e. The third kappa shape index (κ3) is 3.41. The van der Waals surface area contributed by atoms with Gasteiger partial charge in [-0.2, -0.15) is 0 Å². The Morgan fingerprint density at radius 2 is 1.58 bits per heavy atom. The quantitative estimate of drug-likeness (QED) is 0.350. The lowest BCUT2D eigenvalue weighted by atomic mass is 9.92. The number of ether oxygens (including phenoxy) is 1. The Morgan fingerprint density at radius 1 is 0.758 bits per heavy atom. The van der Waals surface area contributed by atoms with E-state index in [1.807, 2.05) is 18.2 Å². The molecule has 0 amide bonds. The van der Waals surface area contributed by atoms with E-state index in [2.05, 4.69) is 110 Å². The summed E-state index contributed by atoms with van der Waals surface area (Å²) < 4.78 is 8.49. The van der Waals surface area contributed by atoms with Crippen molar-refractivity contribution < 1.29 is 9.31 Å². The van der Waals surface area contributed by atoms with Gasteiger partial charge >= 0.3 is 0 Å². The molecule has 0 N–H and O–H groups in total. The van der Waals surface area contributed by atoms with Crippen molar-refractivity contribution in [1.82, 2.24) is 0 Å². The summed E-state index contributed by atoms with van der Waals surface area (Å²) in [6.45, 7) is 0.